The van der Waals surface area contributed by atoms with E-state index < -0.39 is 17.9 Å². The Hall–Kier alpha value is -3.75. The van der Waals surface area contributed by atoms with Crippen molar-refractivity contribution in [3.63, 3.8) is 0 Å². The fourth-order valence-corrected chi connectivity index (χ4v) is 2.49. The van der Waals surface area contributed by atoms with E-state index in [1.54, 1.807) is 0 Å². The summed E-state index contributed by atoms with van der Waals surface area (Å²) in [7, 11) is 6.64. The van der Waals surface area contributed by atoms with E-state index in [1.165, 1.54) is 65.9 Å². The molecule has 2 aromatic rings. The van der Waals surface area contributed by atoms with E-state index >= 15 is 0 Å². The van der Waals surface area contributed by atoms with Crippen LogP contribution in [0.5, 0.6) is 23.0 Å². The maximum atomic E-state index is 12.6. The van der Waals surface area contributed by atoms with Gasteiger partial charge in [0, 0.05) is 0 Å². The van der Waals surface area contributed by atoms with E-state index in [9.17, 15) is 14.4 Å². The number of hydrogen-bond donors (Lipinski definition) is 0. The highest BCUT2D eigenvalue weighted by molar-refractivity contribution is 5.97. The normalized spacial score (nSPS) is 9.97. The number of carbonyl (C=O) groups excluding carboxylic acids is 3. The summed E-state index contributed by atoms with van der Waals surface area (Å²) in [5, 5.41) is 0. The molecule has 9 nitrogen and oxygen atoms in total. The molecule has 0 unspecified atom stereocenters. The first kappa shape index (κ1) is 21.5. The van der Waals surface area contributed by atoms with Crippen LogP contribution in [0, 0.1) is 0 Å². The maximum Gasteiger partial charge on any atom is 0.343 e. The molecular weight excluding hydrogens is 384 g/mol. The predicted molar refractivity (Wildman–Crippen MR) is 100 cm³/mol. The molecule has 0 amide bonds. The van der Waals surface area contributed by atoms with Gasteiger partial charge in [0.15, 0.2) is 11.5 Å². The van der Waals surface area contributed by atoms with Crippen molar-refractivity contribution in [2.75, 3.05) is 35.5 Å². The van der Waals surface area contributed by atoms with Crippen molar-refractivity contribution < 1.29 is 42.8 Å². The first-order chi connectivity index (χ1) is 13.9. The van der Waals surface area contributed by atoms with Crippen LogP contribution < -0.4 is 18.9 Å². The van der Waals surface area contributed by atoms with Crippen LogP contribution in [0.1, 0.15) is 31.1 Å². The Kier molecular flexibility index (Phi) is 7.02. The lowest BCUT2D eigenvalue weighted by Gasteiger charge is -2.14. The van der Waals surface area contributed by atoms with Crippen molar-refractivity contribution in [1.82, 2.24) is 0 Å². The van der Waals surface area contributed by atoms with E-state index in [2.05, 4.69) is 9.47 Å². The van der Waals surface area contributed by atoms with Gasteiger partial charge in [0.05, 0.1) is 52.2 Å². The molecule has 0 saturated carbocycles. The number of benzene rings is 2. The van der Waals surface area contributed by atoms with Crippen LogP contribution in [0.2, 0.25) is 0 Å². The summed E-state index contributed by atoms with van der Waals surface area (Å²) < 4.78 is 30.3. The molecule has 154 valence electrons. The average molecular weight is 404 g/mol. The number of methoxy groups -OCH3 is 5. The molecule has 0 N–H and O–H groups in total. The van der Waals surface area contributed by atoms with E-state index in [0.29, 0.717) is 5.75 Å². The lowest BCUT2D eigenvalue weighted by molar-refractivity contribution is 0.0593. The molecule has 0 bridgehead atoms. The van der Waals surface area contributed by atoms with Gasteiger partial charge in [-0.15, -0.1) is 0 Å². The second-order valence-corrected chi connectivity index (χ2v) is 5.53. The van der Waals surface area contributed by atoms with Gasteiger partial charge >= 0.3 is 17.9 Å². The summed E-state index contributed by atoms with van der Waals surface area (Å²) >= 11 is 0. The molecular formula is C20H20O9. The zero-order chi connectivity index (χ0) is 21.6. The Labute approximate surface area is 167 Å². The molecule has 0 heterocycles. The molecule has 9 heteroatoms. The second-order valence-electron chi connectivity index (χ2n) is 5.53. The zero-order valence-electron chi connectivity index (χ0n) is 16.6. The summed E-state index contributed by atoms with van der Waals surface area (Å²) in [5.74, 6) is -1.40. The smallest absolute Gasteiger partial charge is 0.343 e. The Morgan fingerprint density at radius 2 is 1.03 bits per heavy atom. The Bertz CT molecular complexity index is 874. The number of hydrogen-bond acceptors (Lipinski definition) is 9. The number of carbonyl (C=O) groups is 3. The van der Waals surface area contributed by atoms with Crippen LogP contribution in [0.25, 0.3) is 0 Å². The van der Waals surface area contributed by atoms with Crippen LogP contribution in [0.15, 0.2) is 30.3 Å². The van der Waals surface area contributed by atoms with Gasteiger partial charge in [-0.1, -0.05) is 0 Å². The van der Waals surface area contributed by atoms with Crippen molar-refractivity contribution in [3.8, 4) is 23.0 Å². The molecule has 29 heavy (non-hydrogen) atoms. The highest BCUT2D eigenvalue weighted by atomic mass is 16.5. The summed E-state index contributed by atoms with van der Waals surface area (Å²) in [4.78, 5) is 36.4. The minimum Gasteiger partial charge on any atom is -0.493 e. The van der Waals surface area contributed by atoms with Gasteiger partial charge in [0.25, 0.3) is 0 Å². The number of ether oxygens (including phenoxy) is 6. The predicted octanol–water partition coefficient (Wildman–Crippen LogP) is 2.50. The average Bonchev–Trinajstić information content (AvgIpc) is 2.76. The summed E-state index contributed by atoms with van der Waals surface area (Å²) in [5.41, 5.74) is 0.133. The minimum absolute atomic E-state index is 0.0168. The Balaban J connectivity index is 2.44. The van der Waals surface area contributed by atoms with Crippen molar-refractivity contribution in [2.45, 2.75) is 0 Å². The first-order valence-electron chi connectivity index (χ1n) is 8.22. The first-order valence-corrected chi connectivity index (χ1v) is 8.22. The van der Waals surface area contributed by atoms with Gasteiger partial charge in [-0.3, -0.25) is 0 Å². The summed E-state index contributed by atoms with van der Waals surface area (Å²) in [6.07, 6.45) is 0. The lowest BCUT2D eigenvalue weighted by Crippen LogP contribution is -2.12. The lowest BCUT2D eigenvalue weighted by atomic mass is 10.1. The number of rotatable bonds is 7. The summed E-state index contributed by atoms with van der Waals surface area (Å²) in [6, 6.07) is 6.64. The van der Waals surface area contributed by atoms with E-state index in [-0.39, 0.29) is 33.9 Å². The minimum atomic E-state index is -0.776. The highest BCUT2D eigenvalue weighted by Gasteiger charge is 2.20. The molecule has 2 aromatic carbocycles. The molecule has 0 spiro atoms. The topological polar surface area (TPSA) is 107 Å². The van der Waals surface area contributed by atoms with Crippen LogP contribution in [-0.2, 0) is 9.47 Å². The van der Waals surface area contributed by atoms with E-state index in [0.717, 1.165) is 0 Å². The van der Waals surface area contributed by atoms with Gasteiger partial charge in [0.1, 0.15) is 5.75 Å². The standard InChI is InChI=1S/C20H20O9/c1-24-15-9-13(10-16(25-2)17(15)26-3)20(23)29-14-7-11(18(21)27-4)6-12(8-14)19(22)28-5/h6-10H,1-5H3. The van der Waals surface area contributed by atoms with Crippen LogP contribution in [0.4, 0.5) is 0 Å². The summed E-state index contributed by atoms with van der Waals surface area (Å²) in [6.45, 7) is 0. The van der Waals surface area contributed by atoms with E-state index in [1.807, 2.05) is 0 Å². The molecule has 0 aliphatic rings. The molecule has 2 rings (SSSR count). The van der Waals surface area contributed by atoms with Gasteiger partial charge in [-0.2, -0.15) is 0 Å². The van der Waals surface area contributed by atoms with Gasteiger partial charge < -0.3 is 28.4 Å². The zero-order valence-corrected chi connectivity index (χ0v) is 16.6. The monoisotopic (exact) mass is 404 g/mol. The largest absolute Gasteiger partial charge is 0.493 e. The molecule has 0 radical (unpaired) electrons. The molecule has 0 aliphatic heterocycles. The molecule has 0 aromatic heterocycles. The molecule has 0 saturated heterocycles. The second kappa shape index (κ2) is 9.45. The fourth-order valence-electron chi connectivity index (χ4n) is 2.49. The maximum absolute atomic E-state index is 12.6. The van der Waals surface area contributed by atoms with Gasteiger partial charge in [0.2, 0.25) is 5.75 Å². The molecule has 0 aliphatic carbocycles. The van der Waals surface area contributed by atoms with Gasteiger partial charge in [-0.05, 0) is 30.3 Å². The van der Waals surface area contributed by atoms with Crippen molar-refractivity contribution >= 4 is 17.9 Å². The quantitative estimate of drug-likeness (QED) is 0.508. The Morgan fingerprint density at radius 3 is 1.41 bits per heavy atom. The number of esters is 3. The third-order valence-corrected chi connectivity index (χ3v) is 3.86. The van der Waals surface area contributed by atoms with Crippen molar-refractivity contribution in [3.05, 3.63) is 47.0 Å². The van der Waals surface area contributed by atoms with Crippen molar-refractivity contribution in [2.24, 2.45) is 0 Å². The fraction of sp³-hybridized carbons (Fsp3) is 0.250. The third-order valence-electron chi connectivity index (χ3n) is 3.86. The van der Waals surface area contributed by atoms with Crippen LogP contribution >= 0.6 is 0 Å². The molecule has 0 fully saturated rings. The molecule has 0 atom stereocenters. The van der Waals surface area contributed by atoms with Gasteiger partial charge in [-0.25, -0.2) is 14.4 Å². The Morgan fingerprint density at radius 1 is 0.586 bits per heavy atom. The van der Waals surface area contributed by atoms with Crippen molar-refractivity contribution in [1.29, 1.82) is 0 Å². The van der Waals surface area contributed by atoms with E-state index in [4.69, 9.17) is 18.9 Å². The SMILES string of the molecule is COC(=O)c1cc(OC(=O)c2cc(OC)c(OC)c(OC)c2)cc(C(=O)OC)c1. The third kappa shape index (κ3) is 4.75. The van der Waals surface area contributed by atoms with Crippen LogP contribution in [0.3, 0.4) is 0 Å². The highest BCUT2D eigenvalue weighted by Crippen LogP contribution is 2.38. The van der Waals surface area contributed by atoms with Crippen LogP contribution in [-0.4, -0.2) is 53.5 Å².